The van der Waals surface area contributed by atoms with Gasteiger partial charge in [0.2, 0.25) is 10.0 Å². The lowest BCUT2D eigenvalue weighted by molar-refractivity contribution is -0.137. The first-order chi connectivity index (χ1) is 8.12. The average molecular weight is 279 g/mol. The van der Waals surface area contributed by atoms with Crippen LogP contribution in [0.1, 0.15) is 52.9 Å². The van der Waals surface area contributed by atoms with Gasteiger partial charge in [-0.15, -0.1) is 0 Å². The molecular formula is C12H25NO4S. The Kier molecular flexibility index (Phi) is 7.47. The van der Waals surface area contributed by atoms with Crippen LogP contribution in [0.4, 0.5) is 0 Å². The molecule has 18 heavy (non-hydrogen) atoms. The normalized spacial score (nSPS) is 12.6. The second-order valence-corrected chi connectivity index (χ2v) is 7.65. The Hall–Kier alpha value is -0.620. The second kappa shape index (κ2) is 7.74. The lowest BCUT2D eigenvalue weighted by Gasteiger charge is -2.17. The van der Waals surface area contributed by atoms with Crippen LogP contribution in [0.3, 0.4) is 0 Å². The van der Waals surface area contributed by atoms with E-state index >= 15 is 0 Å². The summed E-state index contributed by atoms with van der Waals surface area (Å²) in [6.07, 6.45) is 2.79. The second-order valence-electron chi connectivity index (χ2n) is 5.73. The van der Waals surface area contributed by atoms with Gasteiger partial charge in [0.15, 0.2) is 0 Å². The lowest BCUT2D eigenvalue weighted by atomic mass is 9.94. The van der Waals surface area contributed by atoms with Gasteiger partial charge in [0.1, 0.15) is 0 Å². The summed E-state index contributed by atoms with van der Waals surface area (Å²) in [5, 5.41) is 8.43. The first kappa shape index (κ1) is 17.4. The Balaban J connectivity index is 3.68. The highest BCUT2D eigenvalue weighted by molar-refractivity contribution is 7.89. The van der Waals surface area contributed by atoms with Gasteiger partial charge in [-0.3, -0.25) is 4.79 Å². The maximum absolute atomic E-state index is 11.6. The summed E-state index contributed by atoms with van der Waals surface area (Å²) >= 11 is 0. The van der Waals surface area contributed by atoms with Crippen LogP contribution in [0.5, 0.6) is 0 Å². The van der Waals surface area contributed by atoms with E-state index in [4.69, 9.17) is 5.11 Å². The zero-order valence-electron chi connectivity index (χ0n) is 11.5. The first-order valence-corrected chi connectivity index (χ1v) is 7.97. The molecule has 0 amide bonds. The molecule has 0 aromatic heterocycles. The molecule has 0 saturated carbocycles. The van der Waals surface area contributed by atoms with Crippen molar-refractivity contribution in [1.82, 2.24) is 4.72 Å². The largest absolute Gasteiger partial charge is 0.481 e. The van der Waals surface area contributed by atoms with E-state index in [1.54, 1.807) is 0 Å². The molecule has 0 atom stereocenters. The molecule has 0 aliphatic heterocycles. The van der Waals surface area contributed by atoms with Gasteiger partial charge in [0, 0.05) is 13.0 Å². The van der Waals surface area contributed by atoms with Crippen LogP contribution < -0.4 is 4.72 Å². The standard InChI is InChI=1S/C12H25NO4S/c1-12(2,3)8-10-18(16,17)13-9-6-4-5-7-11(14)15/h13H,4-10H2,1-3H3,(H,14,15). The number of carbonyl (C=O) groups is 1. The number of carboxylic acid groups (broad SMARTS) is 1. The van der Waals surface area contributed by atoms with Gasteiger partial charge in [-0.25, -0.2) is 13.1 Å². The van der Waals surface area contributed by atoms with E-state index in [2.05, 4.69) is 4.72 Å². The van der Waals surface area contributed by atoms with E-state index in [9.17, 15) is 13.2 Å². The third kappa shape index (κ3) is 11.9. The van der Waals surface area contributed by atoms with E-state index < -0.39 is 16.0 Å². The van der Waals surface area contributed by atoms with Crippen LogP contribution in [0.25, 0.3) is 0 Å². The molecule has 0 bridgehead atoms. The van der Waals surface area contributed by atoms with Crippen molar-refractivity contribution in [3.63, 3.8) is 0 Å². The number of rotatable bonds is 9. The molecule has 5 nitrogen and oxygen atoms in total. The van der Waals surface area contributed by atoms with Gasteiger partial charge in [-0.2, -0.15) is 0 Å². The fraction of sp³-hybridized carbons (Fsp3) is 0.917. The SMILES string of the molecule is CC(C)(C)CCS(=O)(=O)NCCCCCC(=O)O. The highest BCUT2D eigenvalue weighted by atomic mass is 32.2. The van der Waals surface area contributed by atoms with Crippen molar-refractivity contribution < 1.29 is 18.3 Å². The molecule has 0 unspecified atom stereocenters. The van der Waals surface area contributed by atoms with Crippen molar-refractivity contribution in [2.75, 3.05) is 12.3 Å². The number of aliphatic carboxylic acids is 1. The van der Waals surface area contributed by atoms with Crippen molar-refractivity contribution in [3.05, 3.63) is 0 Å². The molecule has 0 aliphatic carbocycles. The molecule has 0 fully saturated rings. The van der Waals surface area contributed by atoms with Crippen LogP contribution in [0.2, 0.25) is 0 Å². The molecular weight excluding hydrogens is 254 g/mol. The number of carboxylic acids is 1. The number of hydrogen-bond acceptors (Lipinski definition) is 3. The smallest absolute Gasteiger partial charge is 0.303 e. The Labute approximate surface area is 110 Å². The van der Waals surface area contributed by atoms with Crippen LogP contribution in [0.15, 0.2) is 0 Å². The predicted octanol–water partition coefficient (Wildman–Crippen LogP) is 1.99. The summed E-state index contributed by atoms with van der Waals surface area (Å²) in [6.45, 7) is 6.42. The molecule has 6 heteroatoms. The van der Waals surface area contributed by atoms with Crippen molar-refractivity contribution in [3.8, 4) is 0 Å². The number of nitrogens with one attached hydrogen (secondary N) is 1. The van der Waals surface area contributed by atoms with E-state index in [1.165, 1.54) is 0 Å². The van der Waals surface area contributed by atoms with E-state index in [0.29, 0.717) is 25.8 Å². The van der Waals surface area contributed by atoms with Crippen LogP contribution in [-0.2, 0) is 14.8 Å². The number of unbranched alkanes of at least 4 members (excludes halogenated alkanes) is 2. The predicted molar refractivity (Wildman–Crippen MR) is 72.0 cm³/mol. The van der Waals surface area contributed by atoms with E-state index in [1.807, 2.05) is 20.8 Å². The Morgan fingerprint density at radius 3 is 2.28 bits per heavy atom. The van der Waals surface area contributed by atoms with Crippen molar-refractivity contribution >= 4 is 16.0 Å². The molecule has 0 saturated heterocycles. The maximum atomic E-state index is 11.6. The molecule has 0 aliphatic rings. The number of sulfonamides is 1. The monoisotopic (exact) mass is 279 g/mol. The Morgan fingerprint density at radius 1 is 1.17 bits per heavy atom. The quantitative estimate of drug-likeness (QED) is 0.632. The minimum atomic E-state index is -3.18. The van der Waals surface area contributed by atoms with E-state index in [-0.39, 0.29) is 17.6 Å². The third-order valence-corrected chi connectivity index (χ3v) is 3.90. The van der Waals surface area contributed by atoms with Gasteiger partial charge in [0.25, 0.3) is 0 Å². The van der Waals surface area contributed by atoms with Gasteiger partial charge in [0.05, 0.1) is 5.75 Å². The highest BCUT2D eigenvalue weighted by Gasteiger charge is 2.16. The fourth-order valence-electron chi connectivity index (χ4n) is 1.32. The molecule has 0 spiro atoms. The van der Waals surface area contributed by atoms with Gasteiger partial charge in [-0.1, -0.05) is 27.2 Å². The summed E-state index contributed by atoms with van der Waals surface area (Å²) in [4.78, 5) is 10.3. The lowest BCUT2D eigenvalue weighted by Crippen LogP contribution is -2.29. The fourth-order valence-corrected chi connectivity index (χ4v) is 2.80. The molecule has 108 valence electrons. The Morgan fingerprint density at radius 2 is 1.78 bits per heavy atom. The van der Waals surface area contributed by atoms with Gasteiger partial charge in [-0.05, 0) is 24.7 Å². The summed E-state index contributed by atoms with van der Waals surface area (Å²) < 4.78 is 25.8. The summed E-state index contributed by atoms with van der Waals surface area (Å²) in [5.41, 5.74) is 0.0102. The maximum Gasteiger partial charge on any atom is 0.303 e. The highest BCUT2D eigenvalue weighted by Crippen LogP contribution is 2.18. The molecule has 0 radical (unpaired) electrons. The number of hydrogen-bond donors (Lipinski definition) is 2. The van der Waals surface area contributed by atoms with Gasteiger partial charge < -0.3 is 5.11 Å². The molecule has 0 aromatic carbocycles. The summed E-state index contributed by atoms with van der Waals surface area (Å²) in [5.74, 6) is -0.660. The molecule has 0 aromatic rings. The molecule has 0 rings (SSSR count). The average Bonchev–Trinajstić information content (AvgIpc) is 2.19. The molecule has 0 heterocycles. The topological polar surface area (TPSA) is 83.5 Å². The zero-order chi connectivity index (χ0) is 14.2. The minimum absolute atomic E-state index is 0.0102. The van der Waals surface area contributed by atoms with Crippen molar-refractivity contribution in [1.29, 1.82) is 0 Å². The van der Waals surface area contributed by atoms with Crippen LogP contribution in [-0.4, -0.2) is 31.8 Å². The summed E-state index contributed by atoms with van der Waals surface area (Å²) in [7, 11) is -3.18. The van der Waals surface area contributed by atoms with Crippen molar-refractivity contribution in [2.45, 2.75) is 52.9 Å². The zero-order valence-corrected chi connectivity index (χ0v) is 12.3. The van der Waals surface area contributed by atoms with Crippen LogP contribution in [0, 0.1) is 5.41 Å². The third-order valence-electron chi connectivity index (χ3n) is 2.51. The van der Waals surface area contributed by atoms with Gasteiger partial charge >= 0.3 is 5.97 Å². The van der Waals surface area contributed by atoms with Crippen molar-refractivity contribution in [2.24, 2.45) is 5.41 Å². The van der Waals surface area contributed by atoms with Crippen LogP contribution >= 0.6 is 0 Å². The summed E-state index contributed by atoms with van der Waals surface area (Å²) in [6, 6.07) is 0. The Bertz CT molecular complexity index is 344. The minimum Gasteiger partial charge on any atom is -0.481 e. The first-order valence-electron chi connectivity index (χ1n) is 6.31. The molecule has 2 N–H and O–H groups in total. The van der Waals surface area contributed by atoms with E-state index in [0.717, 1.165) is 6.42 Å².